The molecule has 0 aromatic heterocycles. The van der Waals surface area contributed by atoms with E-state index in [0.29, 0.717) is 0 Å². The Hall–Kier alpha value is -0.600. The summed E-state index contributed by atoms with van der Waals surface area (Å²) in [5.74, 6) is 0. The highest BCUT2D eigenvalue weighted by molar-refractivity contribution is 8.93. The van der Waals surface area contributed by atoms with Crippen LogP contribution in [0.5, 0.6) is 0 Å². The predicted octanol–water partition coefficient (Wildman–Crippen LogP) is 4.51. The average molecular weight is 316 g/mol. The number of hydrogen-bond acceptors (Lipinski definition) is 0. The van der Waals surface area contributed by atoms with E-state index in [1.54, 1.807) is 0 Å². The van der Waals surface area contributed by atoms with Gasteiger partial charge in [-0.25, -0.2) is 0 Å². The van der Waals surface area contributed by atoms with Crippen LogP contribution in [0.4, 0.5) is 0 Å². The Morgan fingerprint density at radius 3 is 1.00 bits per heavy atom. The lowest BCUT2D eigenvalue weighted by Crippen LogP contribution is -1.73. The predicted molar refractivity (Wildman–Crippen MR) is 72.5 cm³/mol. The lowest BCUT2D eigenvalue weighted by molar-refractivity contribution is 1.62. The monoisotopic (exact) mass is 314 g/mol. The largest absolute Gasteiger partial charge is 0.114 e. The molecule has 2 rings (SSSR count). The third-order valence-electron chi connectivity index (χ3n) is 1.88. The Morgan fingerprint density at radius 2 is 0.714 bits per heavy atom. The van der Waals surface area contributed by atoms with Crippen LogP contribution in [0.1, 0.15) is 0 Å². The summed E-state index contributed by atoms with van der Waals surface area (Å²) < 4.78 is 0. The van der Waals surface area contributed by atoms with Crippen molar-refractivity contribution in [2.75, 3.05) is 0 Å². The molecule has 0 atom stereocenters. The maximum Gasteiger partial charge on any atom is -0.0184 e. The second-order valence-corrected chi connectivity index (χ2v) is 2.73. The van der Waals surface area contributed by atoms with Crippen LogP contribution >= 0.6 is 34.0 Å². The minimum Gasteiger partial charge on any atom is -0.114 e. The van der Waals surface area contributed by atoms with Crippen LogP contribution < -0.4 is 0 Å². The molecule has 2 aromatic rings. The first-order valence-corrected chi connectivity index (χ1v) is 4.07. The molecule has 0 spiro atoms. The summed E-state index contributed by atoms with van der Waals surface area (Å²) in [4.78, 5) is 0. The topological polar surface area (TPSA) is 0 Å². The zero-order chi connectivity index (χ0) is 8.23. The summed E-state index contributed by atoms with van der Waals surface area (Å²) in [5.41, 5.74) is 2.55. The molecule has 0 fully saturated rings. The highest BCUT2D eigenvalue weighted by Gasteiger charge is 1.91. The molecule has 0 saturated carbocycles. The van der Waals surface area contributed by atoms with Crippen LogP contribution in [-0.4, -0.2) is 0 Å². The highest BCUT2D eigenvalue weighted by atomic mass is 79.9. The molecule has 2 heteroatoms. The molecule has 0 nitrogen and oxygen atoms in total. The molecule has 0 unspecified atom stereocenters. The highest BCUT2D eigenvalue weighted by Crippen LogP contribution is 2.17. The van der Waals surface area contributed by atoms with Gasteiger partial charge in [0.15, 0.2) is 0 Å². The summed E-state index contributed by atoms with van der Waals surface area (Å²) in [6.45, 7) is 0. The quantitative estimate of drug-likeness (QED) is 0.726. The SMILES string of the molecule is Br.Br.c1ccc(-c2ccccc2)cc1. The second-order valence-electron chi connectivity index (χ2n) is 2.73. The number of rotatable bonds is 1. The fourth-order valence-electron chi connectivity index (χ4n) is 1.26. The van der Waals surface area contributed by atoms with E-state index < -0.39 is 0 Å². The molecular weight excluding hydrogens is 304 g/mol. The fourth-order valence-corrected chi connectivity index (χ4v) is 1.26. The summed E-state index contributed by atoms with van der Waals surface area (Å²) in [7, 11) is 0. The van der Waals surface area contributed by atoms with Crippen molar-refractivity contribution in [2.45, 2.75) is 0 Å². The van der Waals surface area contributed by atoms with Crippen molar-refractivity contribution < 1.29 is 0 Å². The van der Waals surface area contributed by atoms with Crippen molar-refractivity contribution in [1.29, 1.82) is 0 Å². The summed E-state index contributed by atoms with van der Waals surface area (Å²) >= 11 is 0. The van der Waals surface area contributed by atoms with Crippen molar-refractivity contribution in [3.05, 3.63) is 60.7 Å². The van der Waals surface area contributed by atoms with E-state index in [9.17, 15) is 0 Å². The molecule has 0 amide bonds. The van der Waals surface area contributed by atoms with Crippen molar-refractivity contribution in [3.63, 3.8) is 0 Å². The standard InChI is InChI=1S/C12H10.2BrH/c1-3-7-11(8-4-1)12-9-5-2-6-10-12;;/h1-10H;2*1H. The van der Waals surface area contributed by atoms with E-state index in [0.717, 1.165) is 0 Å². The Morgan fingerprint density at radius 1 is 0.429 bits per heavy atom. The van der Waals surface area contributed by atoms with Gasteiger partial charge in [0.05, 0.1) is 0 Å². The fraction of sp³-hybridized carbons (Fsp3) is 0. The van der Waals surface area contributed by atoms with Gasteiger partial charge in [0.25, 0.3) is 0 Å². The lowest BCUT2D eigenvalue weighted by atomic mass is 10.1. The Labute approximate surface area is 106 Å². The third kappa shape index (κ3) is 3.28. The van der Waals surface area contributed by atoms with E-state index in [1.807, 2.05) is 12.1 Å². The molecule has 2 aromatic carbocycles. The van der Waals surface area contributed by atoms with Crippen LogP contribution in [0, 0.1) is 0 Å². The molecule has 74 valence electrons. The number of halogens is 2. The molecule has 0 aliphatic rings. The van der Waals surface area contributed by atoms with Gasteiger partial charge in [0, 0.05) is 0 Å². The van der Waals surface area contributed by atoms with E-state index >= 15 is 0 Å². The smallest absolute Gasteiger partial charge is 0.0184 e. The molecule has 0 aliphatic carbocycles. The molecule has 0 aliphatic heterocycles. The maximum absolute atomic E-state index is 2.12. The number of benzene rings is 2. The zero-order valence-corrected chi connectivity index (χ0v) is 11.0. The Bertz CT molecular complexity index is 306. The molecule has 14 heavy (non-hydrogen) atoms. The van der Waals surface area contributed by atoms with Gasteiger partial charge in [-0.3, -0.25) is 0 Å². The Balaban J connectivity index is 0.000000845. The van der Waals surface area contributed by atoms with Crippen LogP contribution in [0.3, 0.4) is 0 Å². The molecular formula is C12H12Br2. The van der Waals surface area contributed by atoms with E-state index in [4.69, 9.17) is 0 Å². The van der Waals surface area contributed by atoms with Gasteiger partial charge >= 0.3 is 0 Å². The molecule has 0 saturated heterocycles. The molecule has 0 bridgehead atoms. The van der Waals surface area contributed by atoms with Crippen molar-refractivity contribution in [1.82, 2.24) is 0 Å². The van der Waals surface area contributed by atoms with Crippen molar-refractivity contribution >= 4 is 34.0 Å². The van der Waals surface area contributed by atoms with Gasteiger partial charge in [-0.15, -0.1) is 34.0 Å². The van der Waals surface area contributed by atoms with Crippen molar-refractivity contribution in [3.8, 4) is 11.1 Å². The number of hydrogen-bond donors (Lipinski definition) is 0. The van der Waals surface area contributed by atoms with Crippen LogP contribution in [0.15, 0.2) is 60.7 Å². The third-order valence-corrected chi connectivity index (χ3v) is 1.88. The van der Waals surface area contributed by atoms with E-state index in [-0.39, 0.29) is 34.0 Å². The maximum atomic E-state index is 2.12. The summed E-state index contributed by atoms with van der Waals surface area (Å²) in [6, 6.07) is 20.8. The molecule has 0 N–H and O–H groups in total. The first kappa shape index (κ1) is 13.4. The van der Waals surface area contributed by atoms with Gasteiger partial charge in [-0.1, -0.05) is 60.7 Å². The minimum atomic E-state index is 0. The van der Waals surface area contributed by atoms with Gasteiger partial charge in [0.1, 0.15) is 0 Å². The van der Waals surface area contributed by atoms with Gasteiger partial charge < -0.3 is 0 Å². The lowest BCUT2D eigenvalue weighted by Gasteiger charge is -1.98. The first-order chi connectivity index (χ1) is 5.97. The second kappa shape index (κ2) is 6.80. The van der Waals surface area contributed by atoms with Crippen LogP contribution in [-0.2, 0) is 0 Å². The van der Waals surface area contributed by atoms with Gasteiger partial charge in [-0.05, 0) is 11.1 Å². The first-order valence-electron chi connectivity index (χ1n) is 4.07. The zero-order valence-electron chi connectivity index (χ0n) is 7.59. The normalized spacial score (nSPS) is 8.29. The van der Waals surface area contributed by atoms with E-state index in [1.165, 1.54) is 11.1 Å². The van der Waals surface area contributed by atoms with Crippen LogP contribution in [0.25, 0.3) is 11.1 Å². The van der Waals surface area contributed by atoms with Gasteiger partial charge in [0.2, 0.25) is 0 Å². The summed E-state index contributed by atoms with van der Waals surface area (Å²) in [6.07, 6.45) is 0. The summed E-state index contributed by atoms with van der Waals surface area (Å²) in [5, 5.41) is 0. The molecule has 0 heterocycles. The molecule has 0 radical (unpaired) electrons. The van der Waals surface area contributed by atoms with Gasteiger partial charge in [-0.2, -0.15) is 0 Å². The average Bonchev–Trinajstić information content (AvgIpc) is 2.21. The van der Waals surface area contributed by atoms with Crippen LogP contribution in [0.2, 0.25) is 0 Å². The van der Waals surface area contributed by atoms with E-state index in [2.05, 4.69) is 48.5 Å². The Kier molecular flexibility index (Phi) is 6.50. The minimum absolute atomic E-state index is 0. The van der Waals surface area contributed by atoms with Crippen molar-refractivity contribution in [2.24, 2.45) is 0 Å².